The molecule has 2 N–H and O–H groups in total. The number of hydrogen-bond donors (Lipinski definition) is 2. The van der Waals surface area contributed by atoms with Crippen molar-refractivity contribution in [3.05, 3.63) is 12.2 Å². The van der Waals surface area contributed by atoms with Gasteiger partial charge in [-0.3, -0.25) is 9.59 Å². The summed E-state index contributed by atoms with van der Waals surface area (Å²) in [7, 11) is 1.90. The average molecular weight is 439 g/mol. The molecule has 0 aliphatic carbocycles. The van der Waals surface area contributed by atoms with E-state index in [1.807, 2.05) is 11.9 Å². The number of hydrogen-bond acceptors (Lipinski definition) is 4. The molecule has 0 saturated carbocycles. The van der Waals surface area contributed by atoms with E-state index < -0.39 is 5.97 Å². The van der Waals surface area contributed by atoms with Gasteiger partial charge in [0, 0.05) is 25.9 Å². The number of unbranched alkanes of at least 4 members (excludes halogenated alkanes) is 3. The van der Waals surface area contributed by atoms with Gasteiger partial charge in [0.15, 0.2) is 0 Å². The molecule has 6 nitrogen and oxygen atoms in total. The number of carbonyl (C=O) groups is 2. The van der Waals surface area contributed by atoms with Crippen LogP contribution in [-0.4, -0.2) is 59.2 Å². The van der Waals surface area contributed by atoms with Gasteiger partial charge >= 0.3 is 5.97 Å². The van der Waals surface area contributed by atoms with E-state index in [1.54, 1.807) is 0 Å². The van der Waals surface area contributed by atoms with Gasteiger partial charge in [0.1, 0.15) is 0 Å². The Kier molecular flexibility index (Phi) is 10.8. The summed E-state index contributed by atoms with van der Waals surface area (Å²) >= 11 is 5.44. The molecule has 7 heteroatoms. The smallest absolute Gasteiger partial charge is 0.303 e. The number of amides is 1. The van der Waals surface area contributed by atoms with E-state index in [0.717, 1.165) is 49.9 Å². The van der Waals surface area contributed by atoms with Crippen LogP contribution in [0.1, 0.15) is 71.1 Å². The molecule has 0 radical (unpaired) electrons. The summed E-state index contributed by atoms with van der Waals surface area (Å²) in [6, 6.07) is 0. The molecule has 30 heavy (non-hydrogen) atoms. The summed E-state index contributed by atoms with van der Waals surface area (Å²) in [5, 5.41) is 11.8. The lowest BCUT2D eigenvalue weighted by atomic mass is 9.77. The number of fused-ring (bicyclic) bond motifs is 2. The van der Waals surface area contributed by atoms with Gasteiger partial charge in [-0.1, -0.05) is 44.1 Å². The van der Waals surface area contributed by atoms with Crippen molar-refractivity contribution in [2.24, 2.45) is 11.8 Å². The van der Waals surface area contributed by atoms with E-state index in [9.17, 15) is 9.59 Å². The van der Waals surface area contributed by atoms with E-state index in [0.29, 0.717) is 31.3 Å². The zero-order valence-electron chi connectivity index (χ0n) is 18.5. The van der Waals surface area contributed by atoms with Crippen LogP contribution in [0.5, 0.6) is 0 Å². The zero-order valence-corrected chi connectivity index (χ0v) is 19.3. The first-order valence-electron chi connectivity index (χ1n) is 11.4. The number of carbonyl (C=O) groups excluding carboxylic acids is 1. The third-order valence-corrected chi connectivity index (χ3v) is 6.78. The number of allylic oxidation sites excluding steroid dienone is 2. The van der Waals surface area contributed by atoms with Gasteiger partial charge in [-0.15, -0.1) is 0 Å². The fourth-order valence-corrected chi connectivity index (χ4v) is 4.74. The quantitative estimate of drug-likeness (QED) is 0.243. The van der Waals surface area contributed by atoms with Gasteiger partial charge in [0.25, 0.3) is 0 Å². The molecular weight excluding hydrogens is 400 g/mol. The Morgan fingerprint density at radius 1 is 1.13 bits per heavy atom. The molecule has 2 aliphatic heterocycles. The first-order valence-corrected chi connectivity index (χ1v) is 11.9. The van der Waals surface area contributed by atoms with Crippen LogP contribution in [0, 0.1) is 11.8 Å². The lowest BCUT2D eigenvalue weighted by molar-refractivity contribution is -0.137. The number of likely N-dealkylation sites (N-methyl/N-ethyl adjacent to an activating group) is 1. The molecule has 1 amide bonds. The van der Waals surface area contributed by atoms with Gasteiger partial charge in [0.2, 0.25) is 5.91 Å². The van der Waals surface area contributed by atoms with Crippen LogP contribution in [0.25, 0.3) is 0 Å². The van der Waals surface area contributed by atoms with Crippen LogP contribution in [0.2, 0.25) is 0 Å². The van der Waals surface area contributed by atoms with Crippen molar-refractivity contribution in [1.29, 1.82) is 0 Å². The number of carboxylic acid groups (broad SMARTS) is 1. The highest BCUT2D eigenvalue weighted by molar-refractivity contribution is 7.80. The molecule has 2 bridgehead atoms. The van der Waals surface area contributed by atoms with E-state index in [1.165, 1.54) is 6.42 Å². The molecule has 2 saturated heterocycles. The second-order valence-electron chi connectivity index (χ2n) is 8.62. The van der Waals surface area contributed by atoms with Crippen LogP contribution in [0.4, 0.5) is 0 Å². The minimum atomic E-state index is -0.743. The second kappa shape index (κ2) is 13.1. The maximum atomic E-state index is 12.4. The predicted molar refractivity (Wildman–Crippen MR) is 122 cm³/mol. The normalized spacial score (nSPS) is 25.0. The lowest BCUT2D eigenvalue weighted by Gasteiger charge is -2.28. The Balaban J connectivity index is 1.73. The molecule has 0 aromatic heterocycles. The molecule has 4 atom stereocenters. The molecule has 0 aromatic carbocycles. The number of rotatable bonds is 14. The number of carboxylic acids is 1. The Hall–Kier alpha value is -1.47. The molecular formula is C23H38N2O4S. The van der Waals surface area contributed by atoms with Crippen LogP contribution < -0.4 is 5.32 Å². The summed E-state index contributed by atoms with van der Waals surface area (Å²) in [6.45, 7) is 3.12. The van der Waals surface area contributed by atoms with Crippen LogP contribution in [0.15, 0.2) is 12.2 Å². The van der Waals surface area contributed by atoms with Crippen molar-refractivity contribution in [2.45, 2.75) is 83.3 Å². The van der Waals surface area contributed by atoms with E-state index >= 15 is 0 Å². The first-order chi connectivity index (χ1) is 14.4. The number of nitrogens with zero attached hydrogens (tertiary/aromatic N) is 1. The molecule has 2 heterocycles. The Bertz CT molecular complexity index is 610. The van der Waals surface area contributed by atoms with Gasteiger partial charge in [-0.2, -0.15) is 0 Å². The standard InChI is InChI=1S/C23H38N2O4S/c1-3-4-7-11-22(30)25(2)16-21(26)24-15-18-17(19-13-14-20(18)29-19)10-8-5-6-9-12-23(27)28/h5,8,17-20H,3-4,6-7,9-16H2,1-2H3,(H,24,26)(H,27,28)/t17-,18+,19-,20+/m1/s1. The monoisotopic (exact) mass is 438 g/mol. The maximum absolute atomic E-state index is 12.4. The van der Waals surface area contributed by atoms with Gasteiger partial charge in [-0.05, 0) is 50.9 Å². The van der Waals surface area contributed by atoms with Crippen molar-refractivity contribution in [2.75, 3.05) is 20.1 Å². The number of aliphatic carboxylic acids is 1. The first kappa shape index (κ1) is 24.8. The highest BCUT2D eigenvalue weighted by Gasteiger charge is 2.47. The number of nitrogens with one attached hydrogen (secondary N) is 1. The molecule has 170 valence electrons. The highest BCUT2D eigenvalue weighted by Crippen LogP contribution is 2.44. The SMILES string of the molecule is CCCCCC(=S)N(C)CC(=O)NC[C@H]1[C@@H](CC=CCCCC(=O)O)[C@H]2CC[C@@H]1O2. The van der Waals surface area contributed by atoms with Gasteiger partial charge in [-0.25, -0.2) is 0 Å². The van der Waals surface area contributed by atoms with Gasteiger partial charge in [0.05, 0.1) is 23.7 Å². The lowest BCUT2D eigenvalue weighted by Crippen LogP contribution is -2.42. The fourth-order valence-electron chi connectivity index (χ4n) is 4.53. The molecule has 2 fully saturated rings. The Morgan fingerprint density at radius 2 is 1.87 bits per heavy atom. The topological polar surface area (TPSA) is 78.9 Å². The molecule has 2 aliphatic rings. The molecule has 0 unspecified atom stereocenters. The number of thiocarbonyl (C=S) groups is 1. The largest absolute Gasteiger partial charge is 0.481 e. The fraction of sp³-hybridized carbons (Fsp3) is 0.783. The summed E-state index contributed by atoms with van der Waals surface area (Å²) in [6.07, 6.45) is 13.8. The van der Waals surface area contributed by atoms with Crippen LogP contribution >= 0.6 is 12.2 Å². The van der Waals surface area contributed by atoms with Gasteiger partial charge < -0.3 is 20.1 Å². The average Bonchev–Trinajstić information content (AvgIpc) is 3.30. The molecule has 0 aromatic rings. The Morgan fingerprint density at radius 3 is 2.57 bits per heavy atom. The summed E-state index contributed by atoms with van der Waals surface area (Å²) < 4.78 is 6.12. The maximum Gasteiger partial charge on any atom is 0.303 e. The van der Waals surface area contributed by atoms with Crippen molar-refractivity contribution in [3.63, 3.8) is 0 Å². The predicted octanol–water partition coefficient (Wildman–Crippen LogP) is 3.94. The summed E-state index contributed by atoms with van der Waals surface area (Å²) in [4.78, 5) is 25.7. The minimum absolute atomic E-state index is 0.0149. The highest BCUT2D eigenvalue weighted by atomic mass is 32.1. The van der Waals surface area contributed by atoms with Crippen molar-refractivity contribution < 1.29 is 19.4 Å². The van der Waals surface area contributed by atoms with Crippen LogP contribution in [0.3, 0.4) is 0 Å². The van der Waals surface area contributed by atoms with Crippen molar-refractivity contribution in [1.82, 2.24) is 10.2 Å². The van der Waals surface area contributed by atoms with Crippen molar-refractivity contribution >= 4 is 29.1 Å². The van der Waals surface area contributed by atoms with E-state index in [2.05, 4.69) is 24.4 Å². The summed E-state index contributed by atoms with van der Waals surface area (Å²) in [5.74, 6) is 0.0416. The second-order valence-corrected chi connectivity index (χ2v) is 9.09. The van der Waals surface area contributed by atoms with E-state index in [4.69, 9.17) is 22.1 Å². The van der Waals surface area contributed by atoms with E-state index in [-0.39, 0.29) is 24.5 Å². The molecule has 0 spiro atoms. The molecule has 2 rings (SSSR count). The van der Waals surface area contributed by atoms with Crippen LogP contribution in [-0.2, 0) is 14.3 Å². The van der Waals surface area contributed by atoms with Crippen molar-refractivity contribution in [3.8, 4) is 0 Å². The Labute approximate surface area is 186 Å². The third-order valence-electron chi connectivity index (χ3n) is 6.26. The summed E-state index contributed by atoms with van der Waals surface area (Å²) in [5.41, 5.74) is 0. The zero-order chi connectivity index (χ0) is 21.9. The third kappa shape index (κ3) is 7.99. The minimum Gasteiger partial charge on any atom is -0.481 e. The number of ether oxygens (including phenoxy) is 1.